The van der Waals surface area contributed by atoms with Crippen LogP contribution in [0.2, 0.25) is 0 Å². The predicted octanol–water partition coefficient (Wildman–Crippen LogP) is 4.38. The molecule has 5 nitrogen and oxygen atoms in total. The molecule has 2 amide bonds. The summed E-state index contributed by atoms with van der Waals surface area (Å²) in [6.07, 6.45) is 6.20. The van der Waals surface area contributed by atoms with Gasteiger partial charge in [-0.3, -0.25) is 9.59 Å². The van der Waals surface area contributed by atoms with Gasteiger partial charge in [0.25, 0.3) is 5.91 Å². The van der Waals surface area contributed by atoms with Crippen LogP contribution < -0.4 is 4.74 Å². The van der Waals surface area contributed by atoms with Crippen LogP contribution in [0.25, 0.3) is 0 Å². The molecule has 0 bridgehead atoms. The highest BCUT2D eigenvalue weighted by molar-refractivity contribution is 7.10. The van der Waals surface area contributed by atoms with Crippen LogP contribution in [0, 0.1) is 0 Å². The van der Waals surface area contributed by atoms with Crippen molar-refractivity contribution >= 4 is 23.2 Å². The summed E-state index contributed by atoms with van der Waals surface area (Å²) in [6.45, 7) is 1.40. The Balaban J connectivity index is 1.63. The minimum atomic E-state index is -0.0790. The molecular formula is C24H30N2O3S. The zero-order chi connectivity index (χ0) is 20.9. The van der Waals surface area contributed by atoms with Crippen LogP contribution in [0.5, 0.6) is 5.75 Å². The molecule has 2 atom stereocenters. The van der Waals surface area contributed by atoms with E-state index in [1.54, 1.807) is 16.2 Å². The molecule has 1 aromatic carbocycles. The fourth-order valence-corrected chi connectivity index (χ4v) is 5.25. The molecular weight excluding hydrogens is 396 g/mol. The number of benzene rings is 1. The minimum Gasteiger partial charge on any atom is -0.487 e. The molecule has 4 rings (SSSR count). The van der Waals surface area contributed by atoms with Gasteiger partial charge in [-0.2, -0.15) is 0 Å². The number of para-hydroxylation sites is 1. The van der Waals surface area contributed by atoms with Crippen molar-refractivity contribution in [3.8, 4) is 5.75 Å². The topological polar surface area (TPSA) is 49.9 Å². The van der Waals surface area contributed by atoms with E-state index in [0.717, 1.165) is 49.9 Å². The van der Waals surface area contributed by atoms with Gasteiger partial charge in [0, 0.05) is 25.0 Å². The molecule has 2 aromatic rings. The monoisotopic (exact) mass is 426 g/mol. The molecule has 1 fully saturated rings. The zero-order valence-corrected chi connectivity index (χ0v) is 18.4. The lowest BCUT2D eigenvalue weighted by Gasteiger charge is -2.40. The van der Waals surface area contributed by atoms with Gasteiger partial charge in [0.2, 0.25) is 5.91 Å². The van der Waals surface area contributed by atoms with Crippen LogP contribution in [0.15, 0.2) is 41.8 Å². The van der Waals surface area contributed by atoms with Gasteiger partial charge < -0.3 is 14.5 Å². The first kappa shape index (κ1) is 20.9. The summed E-state index contributed by atoms with van der Waals surface area (Å²) in [5, 5.41) is 2.02. The summed E-state index contributed by atoms with van der Waals surface area (Å²) in [4.78, 5) is 31.2. The van der Waals surface area contributed by atoms with Gasteiger partial charge in [-0.1, -0.05) is 24.6 Å². The lowest BCUT2D eigenvalue weighted by Crippen LogP contribution is -2.51. The van der Waals surface area contributed by atoms with Crippen LogP contribution in [0.1, 0.15) is 53.8 Å². The Morgan fingerprint density at radius 3 is 2.70 bits per heavy atom. The molecule has 1 saturated carbocycles. The van der Waals surface area contributed by atoms with Gasteiger partial charge in [0.1, 0.15) is 11.9 Å². The molecule has 1 aliphatic carbocycles. The predicted molar refractivity (Wildman–Crippen MR) is 119 cm³/mol. The summed E-state index contributed by atoms with van der Waals surface area (Å²) in [5.74, 6) is 0.828. The van der Waals surface area contributed by atoms with E-state index in [-0.39, 0.29) is 24.0 Å². The molecule has 2 heterocycles. The number of fused-ring (bicyclic) bond motifs is 2. The summed E-state index contributed by atoms with van der Waals surface area (Å²) in [6, 6.07) is 11.6. The van der Waals surface area contributed by atoms with Crippen LogP contribution >= 0.6 is 11.3 Å². The number of nitrogens with zero attached hydrogens (tertiary/aromatic N) is 2. The SMILES string of the molecule is CN1CCCCN(C(=O)Cc2cccs2)[C@@H]2CCCC[C@@H]2Oc2ccccc2C1=O. The maximum Gasteiger partial charge on any atom is 0.257 e. The molecule has 30 heavy (non-hydrogen) atoms. The number of hydrogen-bond acceptors (Lipinski definition) is 4. The minimum absolute atomic E-state index is 0.00385. The van der Waals surface area contributed by atoms with Gasteiger partial charge >= 0.3 is 0 Å². The highest BCUT2D eigenvalue weighted by Gasteiger charge is 2.35. The van der Waals surface area contributed by atoms with Crippen molar-refractivity contribution in [2.45, 2.75) is 57.1 Å². The number of ether oxygens (including phenoxy) is 1. The normalized spacial score (nSPS) is 22.9. The van der Waals surface area contributed by atoms with Crippen LogP contribution in [0.4, 0.5) is 0 Å². The second-order valence-corrected chi connectivity index (χ2v) is 9.31. The maximum atomic E-state index is 13.3. The average molecular weight is 427 g/mol. The molecule has 6 heteroatoms. The second-order valence-electron chi connectivity index (χ2n) is 8.28. The van der Waals surface area contributed by atoms with Crippen molar-refractivity contribution < 1.29 is 14.3 Å². The third-order valence-electron chi connectivity index (χ3n) is 6.18. The second kappa shape index (κ2) is 9.65. The standard InChI is InChI=1S/C24H30N2O3S/c1-25-14-6-7-15-26(23(27)17-18-9-8-16-30-18)20-11-3-5-13-22(20)29-21-12-4-2-10-19(21)24(25)28/h2,4,8-10,12,16,20,22H,3,5-7,11,13-15,17H2,1H3/t20-,22+/m1/s1. The summed E-state index contributed by atoms with van der Waals surface area (Å²) in [7, 11) is 1.84. The Morgan fingerprint density at radius 1 is 1.07 bits per heavy atom. The van der Waals surface area contributed by atoms with E-state index >= 15 is 0 Å². The highest BCUT2D eigenvalue weighted by atomic mass is 32.1. The summed E-state index contributed by atoms with van der Waals surface area (Å²) in [5.41, 5.74) is 0.612. The van der Waals surface area contributed by atoms with Gasteiger partial charge in [-0.15, -0.1) is 11.3 Å². The van der Waals surface area contributed by atoms with Gasteiger partial charge in [-0.05, 0) is 55.7 Å². The number of rotatable bonds is 2. The molecule has 0 unspecified atom stereocenters. The fraction of sp³-hybridized carbons (Fsp3) is 0.500. The Bertz CT molecular complexity index is 867. The fourth-order valence-electron chi connectivity index (χ4n) is 4.56. The van der Waals surface area contributed by atoms with Gasteiger partial charge in [-0.25, -0.2) is 0 Å². The Kier molecular flexibility index (Phi) is 6.72. The molecule has 1 aliphatic heterocycles. The van der Waals surface area contributed by atoms with E-state index in [2.05, 4.69) is 4.90 Å². The number of carbonyl (C=O) groups is 2. The van der Waals surface area contributed by atoms with E-state index in [4.69, 9.17) is 4.74 Å². The van der Waals surface area contributed by atoms with E-state index in [0.29, 0.717) is 24.3 Å². The van der Waals surface area contributed by atoms with Gasteiger partial charge in [0.15, 0.2) is 0 Å². The molecule has 160 valence electrons. The Morgan fingerprint density at radius 2 is 1.87 bits per heavy atom. The molecule has 0 radical (unpaired) electrons. The number of amides is 2. The van der Waals surface area contributed by atoms with Crippen molar-refractivity contribution in [2.24, 2.45) is 0 Å². The number of thiophene rings is 1. The van der Waals surface area contributed by atoms with Crippen molar-refractivity contribution in [1.82, 2.24) is 9.80 Å². The first-order chi connectivity index (χ1) is 14.6. The van der Waals surface area contributed by atoms with E-state index in [1.807, 2.05) is 48.8 Å². The molecule has 2 aliphatic rings. The first-order valence-corrected chi connectivity index (χ1v) is 11.8. The van der Waals surface area contributed by atoms with E-state index < -0.39 is 0 Å². The van der Waals surface area contributed by atoms with Crippen molar-refractivity contribution in [3.63, 3.8) is 0 Å². The largest absolute Gasteiger partial charge is 0.487 e. The molecule has 0 spiro atoms. The summed E-state index contributed by atoms with van der Waals surface area (Å²) < 4.78 is 6.47. The van der Waals surface area contributed by atoms with Crippen molar-refractivity contribution in [1.29, 1.82) is 0 Å². The smallest absolute Gasteiger partial charge is 0.257 e. The first-order valence-electron chi connectivity index (χ1n) is 11.0. The number of carbonyl (C=O) groups excluding carboxylic acids is 2. The number of hydrogen-bond donors (Lipinski definition) is 0. The Labute approximate surface area is 182 Å². The average Bonchev–Trinajstić information content (AvgIpc) is 3.26. The Hall–Kier alpha value is -2.34. The maximum absolute atomic E-state index is 13.3. The highest BCUT2D eigenvalue weighted by Crippen LogP contribution is 2.31. The van der Waals surface area contributed by atoms with Crippen LogP contribution in [-0.2, 0) is 11.2 Å². The third-order valence-corrected chi connectivity index (χ3v) is 7.06. The molecule has 0 N–H and O–H groups in total. The van der Waals surface area contributed by atoms with Crippen molar-refractivity contribution in [2.75, 3.05) is 20.1 Å². The quantitative estimate of drug-likeness (QED) is 0.716. The lowest BCUT2D eigenvalue weighted by atomic mass is 9.90. The van der Waals surface area contributed by atoms with Crippen LogP contribution in [0.3, 0.4) is 0 Å². The van der Waals surface area contributed by atoms with Crippen LogP contribution in [-0.4, -0.2) is 53.9 Å². The van der Waals surface area contributed by atoms with E-state index in [9.17, 15) is 9.59 Å². The molecule has 0 saturated heterocycles. The zero-order valence-electron chi connectivity index (χ0n) is 17.6. The van der Waals surface area contributed by atoms with E-state index in [1.165, 1.54) is 0 Å². The molecule has 1 aromatic heterocycles. The summed E-state index contributed by atoms with van der Waals surface area (Å²) >= 11 is 1.64. The lowest BCUT2D eigenvalue weighted by molar-refractivity contribution is -0.136. The van der Waals surface area contributed by atoms with Gasteiger partial charge in [0.05, 0.1) is 18.0 Å². The van der Waals surface area contributed by atoms with Crippen molar-refractivity contribution in [3.05, 3.63) is 52.2 Å². The third kappa shape index (κ3) is 4.69.